The van der Waals surface area contributed by atoms with E-state index in [1.807, 2.05) is 6.07 Å². The number of benzene rings is 2. The number of amides is 2. The van der Waals surface area contributed by atoms with Crippen LogP contribution in [0.15, 0.2) is 54.6 Å². The Kier molecular flexibility index (Phi) is 11.9. The van der Waals surface area contributed by atoms with Crippen LogP contribution in [0, 0.1) is 0 Å². The highest BCUT2D eigenvalue weighted by Crippen LogP contribution is 2.11. The molecule has 0 saturated carbocycles. The first-order valence-electron chi connectivity index (χ1n) is 11.6. The number of alkyl halides is 1. The van der Waals surface area contributed by atoms with Crippen LogP contribution in [-0.4, -0.2) is 71.4 Å². The highest BCUT2D eigenvalue weighted by molar-refractivity contribution is 6.48. The molecule has 6 N–H and O–H groups in total. The summed E-state index contributed by atoms with van der Waals surface area (Å²) in [7, 11) is 0. The maximum atomic E-state index is 12.4. The van der Waals surface area contributed by atoms with Crippen molar-refractivity contribution >= 4 is 40.8 Å². The summed E-state index contributed by atoms with van der Waals surface area (Å²) in [5.74, 6) is -3.42. The summed E-state index contributed by atoms with van der Waals surface area (Å²) in [6, 6.07) is 12.4. The Morgan fingerprint density at radius 3 is 2.14 bits per heavy atom. The first-order chi connectivity index (χ1) is 17.6. The molecule has 3 unspecified atom stereocenters. The number of aromatic hydroxyl groups is 1. The van der Waals surface area contributed by atoms with E-state index in [0.29, 0.717) is 0 Å². The summed E-state index contributed by atoms with van der Waals surface area (Å²) >= 11 is 5.51. The van der Waals surface area contributed by atoms with Crippen LogP contribution in [0.25, 0.3) is 0 Å². The van der Waals surface area contributed by atoms with Crippen molar-refractivity contribution in [2.45, 2.75) is 37.9 Å². The molecule has 198 valence electrons. The van der Waals surface area contributed by atoms with Gasteiger partial charge in [-0.15, -0.1) is 11.6 Å². The van der Waals surface area contributed by atoms with Crippen molar-refractivity contribution in [1.82, 2.24) is 16.0 Å². The van der Waals surface area contributed by atoms with E-state index in [1.165, 1.54) is 19.1 Å². The minimum Gasteiger partial charge on any atom is -0.508 e. The van der Waals surface area contributed by atoms with Gasteiger partial charge in [-0.2, -0.15) is 0 Å². The van der Waals surface area contributed by atoms with Crippen molar-refractivity contribution in [3.8, 4) is 5.75 Å². The number of phenolic OH excluding ortho intramolecular Hbond substituents is 1. The molecule has 0 radical (unpaired) electrons. The predicted octanol–water partition coefficient (Wildman–Crippen LogP) is 0.0299. The lowest BCUT2D eigenvalue weighted by Gasteiger charge is -2.18. The number of phenols is 1. The van der Waals surface area contributed by atoms with Gasteiger partial charge in [0.1, 0.15) is 11.8 Å². The molecule has 2 amide bonds. The number of Topliss-reactive ketones (excluding diaryl/α,β-unsaturated/α-hetero) is 3. The Morgan fingerprint density at radius 1 is 0.892 bits per heavy atom. The third kappa shape index (κ3) is 10.1. The van der Waals surface area contributed by atoms with Gasteiger partial charge in [0, 0.05) is 0 Å². The molecule has 0 bridgehead atoms. The molecule has 0 aliphatic heterocycles. The average molecular weight is 531 g/mol. The molecule has 11 heteroatoms. The van der Waals surface area contributed by atoms with E-state index in [2.05, 4.69) is 16.0 Å². The van der Waals surface area contributed by atoms with Gasteiger partial charge in [0.15, 0.2) is 5.78 Å². The summed E-state index contributed by atoms with van der Waals surface area (Å²) in [6.07, 6.45) is 0.398. The van der Waals surface area contributed by atoms with Crippen LogP contribution in [0.2, 0.25) is 0 Å². The largest absolute Gasteiger partial charge is 0.508 e. The van der Waals surface area contributed by atoms with Crippen LogP contribution in [0.1, 0.15) is 18.1 Å². The van der Waals surface area contributed by atoms with Crippen LogP contribution in [0.5, 0.6) is 5.75 Å². The number of carbonyl (C=O) groups excluding carboxylic acids is 5. The third-order valence-corrected chi connectivity index (χ3v) is 5.72. The minimum atomic E-state index is -0.951. The molecule has 2 aromatic rings. The molecule has 0 saturated heterocycles. The lowest BCUT2D eigenvalue weighted by Crippen LogP contribution is -2.52. The second-order valence-corrected chi connectivity index (χ2v) is 8.78. The van der Waals surface area contributed by atoms with Crippen molar-refractivity contribution in [3.05, 3.63) is 65.7 Å². The smallest absolute Gasteiger partial charge is 0.242 e. The minimum absolute atomic E-state index is 0.0962. The van der Waals surface area contributed by atoms with Gasteiger partial charge < -0.3 is 21.5 Å². The molecule has 0 fully saturated rings. The number of rotatable bonds is 15. The van der Waals surface area contributed by atoms with Gasteiger partial charge in [-0.3, -0.25) is 29.3 Å². The van der Waals surface area contributed by atoms with Crippen LogP contribution in [-0.2, 0) is 36.8 Å². The zero-order chi connectivity index (χ0) is 27.4. The molecular formula is C26H31ClN4O6. The summed E-state index contributed by atoms with van der Waals surface area (Å²) in [6.45, 7) is 0.841. The maximum Gasteiger partial charge on any atom is 0.242 e. The Bertz CT molecular complexity index is 1090. The zero-order valence-electron chi connectivity index (χ0n) is 20.4. The Hall–Kier alpha value is -3.60. The quantitative estimate of drug-likeness (QED) is 0.159. The fraction of sp³-hybridized carbons (Fsp3) is 0.346. The second kappa shape index (κ2) is 14.8. The van der Waals surface area contributed by atoms with Crippen molar-refractivity contribution in [1.29, 1.82) is 0 Å². The van der Waals surface area contributed by atoms with Gasteiger partial charge >= 0.3 is 0 Å². The SMILES string of the molecule is CC(NC(=O)C(N)Cc1ccc(O)cc1)C(=O)NCC(=O)CNC(Cc1ccccc1)C(=O)C(=O)CCl. The molecule has 2 aromatic carbocycles. The number of nitrogens with one attached hydrogen (secondary N) is 3. The monoisotopic (exact) mass is 530 g/mol. The summed E-state index contributed by atoms with van der Waals surface area (Å²) < 4.78 is 0. The molecule has 0 aliphatic carbocycles. The maximum absolute atomic E-state index is 12.4. The Balaban J connectivity index is 1.81. The number of carbonyl (C=O) groups is 5. The van der Waals surface area contributed by atoms with Crippen molar-refractivity contribution < 1.29 is 29.1 Å². The predicted molar refractivity (Wildman–Crippen MR) is 138 cm³/mol. The van der Waals surface area contributed by atoms with Crippen LogP contribution < -0.4 is 21.7 Å². The molecule has 3 atom stereocenters. The summed E-state index contributed by atoms with van der Waals surface area (Å²) in [4.78, 5) is 61.2. The van der Waals surface area contributed by atoms with E-state index in [9.17, 15) is 29.1 Å². The fourth-order valence-electron chi connectivity index (χ4n) is 3.37. The van der Waals surface area contributed by atoms with E-state index < -0.39 is 53.2 Å². The first kappa shape index (κ1) is 29.6. The molecule has 10 nitrogen and oxygen atoms in total. The molecule has 2 rings (SSSR count). The van der Waals surface area contributed by atoms with Crippen molar-refractivity contribution in [2.75, 3.05) is 19.0 Å². The zero-order valence-corrected chi connectivity index (χ0v) is 21.2. The number of hydrogen-bond acceptors (Lipinski definition) is 8. The summed E-state index contributed by atoms with van der Waals surface area (Å²) in [5, 5.41) is 17.0. The topological polar surface area (TPSA) is 168 Å². The van der Waals surface area contributed by atoms with Gasteiger partial charge in [0.05, 0.1) is 31.1 Å². The highest BCUT2D eigenvalue weighted by atomic mass is 35.5. The standard InChI is InChI=1S/C26H31ClN4O6/c1-16(31-26(37)21(28)11-18-7-9-19(32)10-8-18)25(36)30-15-20(33)14-29-22(24(35)23(34)13-27)12-17-5-3-2-4-6-17/h2-10,16,21-22,29,32H,11-15,28H2,1H3,(H,30,36)(H,31,37). The number of halogens is 1. The highest BCUT2D eigenvalue weighted by Gasteiger charge is 2.25. The lowest BCUT2D eigenvalue weighted by molar-refractivity contribution is -0.136. The number of nitrogens with two attached hydrogens (primary N) is 1. The molecular weight excluding hydrogens is 500 g/mol. The van der Waals surface area contributed by atoms with Crippen molar-refractivity contribution in [2.24, 2.45) is 5.73 Å². The molecule has 0 aromatic heterocycles. The normalized spacial score (nSPS) is 13.2. The first-order valence-corrected chi connectivity index (χ1v) is 12.2. The van der Waals surface area contributed by atoms with E-state index in [0.717, 1.165) is 11.1 Å². The third-order valence-electron chi connectivity index (χ3n) is 5.48. The van der Waals surface area contributed by atoms with Gasteiger partial charge in [0.2, 0.25) is 23.4 Å². The second-order valence-electron chi connectivity index (χ2n) is 8.51. The van der Waals surface area contributed by atoms with E-state index in [4.69, 9.17) is 17.3 Å². The van der Waals surface area contributed by atoms with Gasteiger partial charge in [-0.25, -0.2) is 0 Å². The average Bonchev–Trinajstić information content (AvgIpc) is 2.90. The molecule has 0 heterocycles. The van der Waals surface area contributed by atoms with E-state index >= 15 is 0 Å². The van der Waals surface area contributed by atoms with Crippen molar-refractivity contribution in [3.63, 3.8) is 0 Å². The van der Waals surface area contributed by atoms with Gasteiger partial charge in [0.25, 0.3) is 0 Å². The number of hydrogen-bond donors (Lipinski definition) is 5. The molecule has 0 spiro atoms. The Labute approximate surface area is 219 Å². The number of ketones is 3. The van der Waals surface area contributed by atoms with E-state index in [1.54, 1.807) is 36.4 Å². The van der Waals surface area contributed by atoms with Crippen LogP contribution in [0.3, 0.4) is 0 Å². The van der Waals surface area contributed by atoms with E-state index in [-0.39, 0.29) is 31.7 Å². The fourth-order valence-corrected chi connectivity index (χ4v) is 3.50. The molecule has 0 aliphatic rings. The van der Waals surface area contributed by atoms with Gasteiger partial charge in [-0.05, 0) is 43.0 Å². The molecule has 37 heavy (non-hydrogen) atoms. The Morgan fingerprint density at radius 2 is 1.51 bits per heavy atom. The van der Waals surface area contributed by atoms with Gasteiger partial charge in [-0.1, -0.05) is 42.5 Å². The van der Waals surface area contributed by atoms with Crippen LogP contribution >= 0.6 is 11.6 Å². The summed E-state index contributed by atoms with van der Waals surface area (Å²) in [5.41, 5.74) is 7.45. The lowest BCUT2D eigenvalue weighted by atomic mass is 10.0. The van der Waals surface area contributed by atoms with Crippen LogP contribution in [0.4, 0.5) is 0 Å².